The van der Waals surface area contributed by atoms with Crippen molar-refractivity contribution in [3.05, 3.63) is 54.1 Å². The predicted molar refractivity (Wildman–Crippen MR) is 111 cm³/mol. The van der Waals surface area contributed by atoms with Crippen LogP contribution in [0.15, 0.2) is 48.5 Å². The number of hydrogen-bond donors (Lipinski definition) is 2. The van der Waals surface area contributed by atoms with Crippen LogP contribution in [0.1, 0.15) is 18.4 Å². The molecule has 1 heterocycles. The third kappa shape index (κ3) is 5.19. The second kappa shape index (κ2) is 9.32. The molecule has 3 rings (SSSR count). The second-order valence-corrected chi connectivity index (χ2v) is 7.20. The smallest absolute Gasteiger partial charge is 0.223 e. The van der Waals surface area contributed by atoms with E-state index in [0.717, 1.165) is 11.3 Å². The van der Waals surface area contributed by atoms with Crippen LogP contribution in [0.2, 0.25) is 0 Å². The van der Waals surface area contributed by atoms with Gasteiger partial charge >= 0.3 is 0 Å². The Labute approximate surface area is 170 Å². The SMILES string of the molecule is COc1ccc(N2CCN(C(=O)CCC(N)=O)[C@@H](Cc3ccccc3)C2)cc1O. The van der Waals surface area contributed by atoms with Gasteiger partial charge in [0.15, 0.2) is 11.5 Å². The number of amides is 2. The first kappa shape index (κ1) is 20.5. The van der Waals surface area contributed by atoms with Gasteiger partial charge in [0.05, 0.1) is 13.2 Å². The van der Waals surface area contributed by atoms with Crippen LogP contribution >= 0.6 is 0 Å². The molecule has 154 valence electrons. The van der Waals surface area contributed by atoms with Crippen LogP contribution in [0.5, 0.6) is 11.5 Å². The van der Waals surface area contributed by atoms with E-state index in [1.165, 1.54) is 7.11 Å². The maximum atomic E-state index is 12.7. The first-order chi connectivity index (χ1) is 14.0. The van der Waals surface area contributed by atoms with Gasteiger partial charge in [-0.05, 0) is 24.1 Å². The normalized spacial score (nSPS) is 16.5. The summed E-state index contributed by atoms with van der Waals surface area (Å²) in [4.78, 5) is 27.8. The fourth-order valence-corrected chi connectivity index (χ4v) is 3.73. The summed E-state index contributed by atoms with van der Waals surface area (Å²) in [6, 6.07) is 15.3. The number of benzene rings is 2. The van der Waals surface area contributed by atoms with Gasteiger partial charge in [-0.3, -0.25) is 9.59 Å². The summed E-state index contributed by atoms with van der Waals surface area (Å²) in [7, 11) is 1.51. The van der Waals surface area contributed by atoms with Crippen molar-refractivity contribution in [2.24, 2.45) is 5.73 Å². The number of methoxy groups -OCH3 is 1. The molecule has 0 spiro atoms. The molecule has 0 unspecified atom stereocenters. The van der Waals surface area contributed by atoms with Crippen molar-refractivity contribution in [1.29, 1.82) is 0 Å². The Kier molecular flexibility index (Phi) is 6.59. The number of rotatable bonds is 7. The lowest BCUT2D eigenvalue weighted by atomic mass is 10.0. The number of primary amides is 1. The van der Waals surface area contributed by atoms with E-state index in [-0.39, 0.29) is 30.5 Å². The van der Waals surface area contributed by atoms with Gasteiger partial charge in [0, 0.05) is 44.2 Å². The number of ether oxygens (including phenoxy) is 1. The van der Waals surface area contributed by atoms with Crippen molar-refractivity contribution < 1.29 is 19.4 Å². The highest BCUT2D eigenvalue weighted by molar-refractivity contribution is 5.83. The van der Waals surface area contributed by atoms with Crippen LogP contribution < -0.4 is 15.4 Å². The molecule has 0 saturated carbocycles. The molecule has 1 fully saturated rings. The number of nitrogens with two attached hydrogens (primary N) is 1. The minimum absolute atomic E-state index is 0.0456. The van der Waals surface area contributed by atoms with Crippen LogP contribution in [-0.2, 0) is 16.0 Å². The van der Waals surface area contributed by atoms with Gasteiger partial charge < -0.3 is 25.4 Å². The van der Waals surface area contributed by atoms with Crippen molar-refractivity contribution in [2.45, 2.75) is 25.3 Å². The number of anilines is 1. The van der Waals surface area contributed by atoms with Gasteiger partial charge in [0.2, 0.25) is 11.8 Å². The molecule has 2 amide bonds. The number of aromatic hydroxyl groups is 1. The van der Waals surface area contributed by atoms with E-state index in [9.17, 15) is 14.7 Å². The van der Waals surface area contributed by atoms with Gasteiger partial charge in [-0.1, -0.05) is 30.3 Å². The van der Waals surface area contributed by atoms with Crippen LogP contribution in [0, 0.1) is 0 Å². The largest absolute Gasteiger partial charge is 0.504 e. The molecule has 29 heavy (non-hydrogen) atoms. The molecule has 0 aliphatic carbocycles. The van der Waals surface area contributed by atoms with Crippen molar-refractivity contribution in [3.63, 3.8) is 0 Å². The van der Waals surface area contributed by atoms with Crippen molar-refractivity contribution in [2.75, 3.05) is 31.6 Å². The van der Waals surface area contributed by atoms with Gasteiger partial charge in [-0.25, -0.2) is 0 Å². The number of piperazine rings is 1. The molecule has 2 aromatic rings. The first-order valence-corrected chi connectivity index (χ1v) is 9.71. The topological polar surface area (TPSA) is 96.1 Å². The minimum atomic E-state index is -0.467. The molecule has 0 bridgehead atoms. The third-order valence-corrected chi connectivity index (χ3v) is 5.23. The van der Waals surface area contributed by atoms with Crippen LogP contribution in [-0.4, -0.2) is 54.6 Å². The Morgan fingerprint density at radius 1 is 1.14 bits per heavy atom. The molecule has 1 aliphatic heterocycles. The van der Waals surface area contributed by atoms with Crippen molar-refractivity contribution in [3.8, 4) is 11.5 Å². The third-order valence-electron chi connectivity index (χ3n) is 5.23. The fraction of sp³-hybridized carbons (Fsp3) is 0.364. The molecule has 1 atom stereocenters. The van der Waals surface area contributed by atoms with E-state index in [1.807, 2.05) is 41.3 Å². The summed E-state index contributed by atoms with van der Waals surface area (Å²) < 4.78 is 5.12. The molecular formula is C22H27N3O4. The number of carbonyl (C=O) groups is 2. The van der Waals surface area contributed by atoms with E-state index < -0.39 is 5.91 Å². The molecule has 3 N–H and O–H groups in total. The summed E-state index contributed by atoms with van der Waals surface area (Å²) >= 11 is 0. The Hall–Kier alpha value is -3.22. The lowest BCUT2D eigenvalue weighted by molar-refractivity contribution is -0.135. The second-order valence-electron chi connectivity index (χ2n) is 7.20. The average molecular weight is 397 g/mol. The minimum Gasteiger partial charge on any atom is -0.504 e. The van der Waals surface area contributed by atoms with Gasteiger partial charge in [0.25, 0.3) is 0 Å². The molecule has 1 aliphatic rings. The maximum absolute atomic E-state index is 12.7. The standard InChI is InChI=1S/C22H27N3O4/c1-29-20-8-7-17(14-19(20)26)24-11-12-25(22(28)10-9-21(23)27)18(15-24)13-16-5-3-2-4-6-16/h2-8,14,18,26H,9-13,15H2,1H3,(H2,23,27)/t18-/m0/s1. The number of phenolic OH excluding ortho intramolecular Hbond substituents is 1. The lowest BCUT2D eigenvalue weighted by Crippen LogP contribution is -2.56. The number of nitrogens with zero attached hydrogens (tertiary/aromatic N) is 2. The summed E-state index contributed by atoms with van der Waals surface area (Å²) in [6.07, 6.45) is 0.898. The van der Waals surface area contributed by atoms with Crippen LogP contribution in [0.4, 0.5) is 5.69 Å². The highest BCUT2D eigenvalue weighted by Gasteiger charge is 2.31. The average Bonchev–Trinajstić information content (AvgIpc) is 2.72. The number of hydrogen-bond acceptors (Lipinski definition) is 5. The van der Waals surface area contributed by atoms with Crippen molar-refractivity contribution >= 4 is 17.5 Å². The summed E-state index contributed by atoms with van der Waals surface area (Å²) in [5.74, 6) is -0.00770. The number of phenols is 1. The molecule has 0 aromatic heterocycles. The quantitative estimate of drug-likeness (QED) is 0.744. The summed E-state index contributed by atoms with van der Waals surface area (Å²) in [5.41, 5.74) is 7.24. The Morgan fingerprint density at radius 2 is 1.90 bits per heavy atom. The van der Waals surface area contributed by atoms with Crippen LogP contribution in [0.3, 0.4) is 0 Å². The lowest BCUT2D eigenvalue weighted by Gasteiger charge is -2.43. The van der Waals surface area contributed by atoms with Crippen molar-refractivity contribution in [1.82, 2.24) is 4.90 Å². The number of carbonyl (C=O) groups excluding carboxylic acids is 2. The van der Waals surface area contributed by atoms with E-state index in [4.69, 9.17) is 10.5 Å². The highest BCUT2D eigenvalue weighted by atomic mass is 16.5. The maximum Gasteiger partial charge on any atom is 0.223 e. The van der Waals surface area contributed by atoms with E-state index in [1.54, 1.807) is 12.1 Å². The van der Waals surface area contributed by atoms with Gasteiger partial charge in [0.1, 0.15) is 0 Å². The van der Waals surface area contributed by atoms with E-state index in [2.05, 4.69) is 4.90 Å². The Bertz CT molecular complexity index is 856. The molecule has 1 saturated heterocycles. The molecular weight excluding hydrogens is 370 g/mol. The van der Waals surface area contributed by atoms with Gasteiger partial charge in [-0.2, -0.15) is 0 Å². The Morgan fingerprint density at radius 3 is 2.55 bits per heavy atom. The zero-order valence-electron chi connectivity index (χ0n) is 16.6. The molecule has 7 nitrogen and oxygen atoms in total. The molecule has 2 aromatic carbocycles. The zero-order chi connectivity index (χ0) is 20.8. The van der Waals surface area contributed by atoms with Gasteiger partial charge in [-0.15, -0.1) is 0 Å². The van der Waals surface area contributed by atoms with E-state index in [0.29, 0.717) is 31.8 Å². The summed E-state index contributed by atoms with van der Waals surface area (Å²) in [6.45, 7) is 1.81. The van der Waals surface area contributed by atoms with Crippen LogP contribution in [0.25, 0.3) is 0 Å². The Balaban J connectivity index is 1.78. The monoisotopic (exact) mass is 397 g/mol. The summed E-state index contributed by atoms with van der Waals surface area (Å²) in [5, 5.41) is 10.1. The first-order valence-electron chi connectivity index (χ1n) is 9.71. The molecule has 0 radical (unpaired) electrons. The predicted octanol–water partition coefficient (Wildman–Crippen LogP) is 1.93. The fourth-order valence-electron chi connectivity index (χ4n) is 3.73. The zero-order valence-corrected chi connectivity index (χ0v) is 16.6. The highest BCUT2D eigenvalue weighted by Crippen LogP contribution is 2.31. The molecule has 7 heteroatoms. The van der Waals surface area contributed by atoms with E-state index >= 15 is 0 Å².